The predicted octanol–water partition coefficient (Wildman–Crippen LogP) is 3.45. The number of barbiturate groups is 1. The number of hydrogen-bond acceptors (Lipinski definition) is 4. The van der Waals surface area contributed by atoms with Gasteiger partial charge in [-0.25, -0.2) is 9.69 Å². The molecule has 1 aliphatic rings. The van der Waals surface area contributed by atoms with E-state index >= 15 is 0 Å². The Kier molecular flexibility index (Phi) is 5.07. The monoisotopic (exact) mass is 364 g/mol. The van der Waals surface area contributed by atoms with Gasteiger partial charge in [0.05, 0.1) is 11.8 Å². The van der Waals surface area contributed by atoms with Gasteiger partial charge in [-0.2, -0.15) is 0 Å². The van der Waals surface area contributed by atoms with Gasteiger partial charge in [-0.3, -0.25) is 14.9 Å². The molecule has 0 aliphatic carbocycles. The van der Waals surface area contributed by atoms with Crippen LogP contribution in [0.15, 0.2) is 54.1 Å². The Morgan fingerprint density at radius 2 is 1.74 bits per heavy atom. The fraction of sp³-hybridized carbons (Fsp3) is 0.190. The Balaban J connectivity index is 1.92. The largest absolute Gasteiger partial charge is 0.491 e. The minimum atomic E-state index is -0.756. The molecule has 6 nitrogen and oxygen atoms in total. The molecule has 2 aromatic carbocycles. The van der Waals surface area contributed by atoms with Crippen LogP contribution in [0.1, 0.15) is 25.0 Å². The van der Waals surface area contributed by atoms with Gasteiger partial charge < -0.3 is 4.74 Å². The Morgan fingerprint density at radius 1 is 1.04 bits per heavy atom. The number of ether oxygens (including phenoxy) is 1. The van der Waals surface area contributed by atoms with E-state index in [1.807, 2.05) is 26.8 Å². The van der Waals surface area contributed by atoms with Crippen LogP contribution < -0.4 is 15.0 Å². The van der Waals surface area contributed by atoms with Gasteiger partial charge in [0.15, 0.2) is 0 Å². The molecule has 2 aromatic rings. The summed E-state index contributed by atoms with van der Waals surface area (Å²) in [6.45, 7) is 5.72. The van der Waals surface area contributed by atoms with Crippen LogP contribution in [0.2, 0.25) is 0 Å². The van der Waals surface area contributed by atoms with Crippen molar-refractivity contribution in [2.24, 2.45) is 0 Å². The maximum absolute atomic E-state index is 12.8. The molecule has 27 heavy (non-hydrogen) atoms. The molecule has 1 saturated heterocycles. The number of benzene rings is 2. The van der Waals surface area contributed by atoms with Crippen molar-refractivity contribution in [1.82, 2.24) is 5.32 Å². The first-order chi connectivity index (χ1) is 12.8. The molecule has 1 N–H and O–H groups in total. The molecule has 0 saturated carbocycles. The van der Waals surface area contributed by atoms with Gasteiger partial charge in [0.2, 0.25) is 0 Å². The zero-order valence-corrected chi connectivity index (χ0v) is 15.4. The van der Waals surface area contributed by atoms with E-state index < -0.39 is 17.8 Å². The summed E-state index contributed by atoms with van der Waals surface area (Å²) in [5.74, 6) is -0.670. The predicted molar refractivity (Wildman–Crippen MR) is 102 cm³/mol. The summed E-state index contributed by atoms with van der Waals surface area (Å²) in [6.07, 6.45) is 1.51. The van der Waals surface area contributed by atoms with Crippen molar-refractivity contribution in [2.75, 3.05) is 4.90 Å². The lowest BCUT2D eigenvalue weighted by molar-refractivity contribution is -0.122. The molecule has 1 aliphatic heterocycles. The third kappa shape index (κ3) is 4.06. The lowest BCUT2D eigenvalue weighted by Gasteiger charge is -2.26. The van der Waals surface area contributed by atoms with Crippen molar-refractivity contribution in [2.45, 2.75) is 26.9 Å². The second kappa shape index (κ2) is 7.45. The molecular formula is C21H20N2O4. The van der Waals surface area contributed by atoms with Gasteiger partial charge in [-0.1, -0.05) is 24.3 Å². The summed E-state index contributed by atoms with van der Waals surface area (Å²) in [6, 6.07) is 13.2. The van der Waals surface area contributed by atoms with Crippen LogP contribution >= 0.6 is 0 Å². The molecule has 0 atom stereocenters. The zero-order valence-electron chi connectivity index (χ0n) is 15.4. The molecule has 4 amide bonds. The minimum Gasteiger partial charge on any atom is -0.491 e. The van der Waals surface area contributed by atoms with Crippen LogP contribution in [0, 0.1) is 6.92 Å². The number of nitrogens with one attached hydrogen (secondary N) is 1. The molecule has 1 fully saturated rings. The summed E-state index contributed by atoms with van der Waals surface area (Å²) in [4.78, 5) is 38.2. The number of carbonyl (C=O) groups is 3. The molecule has 138 valence electrons. The molecule has 3 rings (SSSR count). The van der Waals surface area contributed by atoms with E-state index in [1.54, 1.807) is 42.5 Å². The number of carbonyl (C=O) groups excluding carboxylic acids is 3. The molecule has 0 bridgehead atoms. The Bertz CT molecular complexity index is 929. The highest BCUT2D eigenvalue weighted by Crippen LogP contribution is 2.23. The van der Waals surface area contributed by atoms with Crippen LogP contribution in [-0.2, 0) is 9.59 Å². The van der Waals surface area contributed by atoms with Crippen LogP contribution in [0.25, 0.3) is 6.08 Å². The van der Waals surface area contributed by atoms with E-state index in [0.717, 1.165) is 10.5 Å². The molecule has 0 unspecified atom stereocenters. The molecule has 0 spiro atoms. The van der Waals surface area contributed by atoms with Crippen molar-refractivity contribution in [1.29, 1.82) is 0 Å². The lowest BCUT2D eigenvalue weighted by Crippen LogP contribution is -2.54. The van der Waals surface area contributed by atoms with Gasteiger partial charge in [0, 0.05) is 0 Å². The van der Waals surface area contributed by atoms with Crippen molar-refractivity contribution in [3.63, 3.8) is 0 Å². The van der Waals surface area contributed by atoms with Crippen molar-refractivity contribution in [3.05, 3.63) is 65.2 Å². The van der Waals surface area contributed by atoms with Gasteiger partial charge >= 0.3 is 6.03 Å². The first kappa shape index (κ1) is 18.4. The van der Waals surface area contributed by atoms with Crippen LogP contribution in [0.5, 0.6) is 5.75 Å². The number of rotatable bonds is 4. The fourth-order valence-corrected chi connectivity index (χ4v) is 2.74. The fourth-order valence-electron chi connectivity index (χ4n) is 2.74. The summed E-state index contributed by atoms with van der Waals surface area (Å²) in [5, 5.41) is 2.22. The topological polar surface area (TPSA) is 75.7 Å². The summed E-state index contributed by atoms with van der Waals surface area (Å²) >= 11 is 0. The van der Waals surface area contributed by atoms with Crippen LogP contribution in [0.3, 0.4) is 0 Å². The maximum atomic E-state index is 12.8. The van der Waals surface area contributed by atoms with Crippen LogP contribution in [0.4, 0.5) is 10.5 Å². The number of aryl methyl sites for hydroxylation is 1. The molecule has 6 heteroatoms. The van der Waals surface area contributed by atoms with E-state index in [4.69, 9.17) is 4.74 Å². The zero-order chi connectivity index (χ0) is 19.6. The number of imide groups is 2. The molecular weight excluding hydrogens is 344 g/mol. The highest BCUT2D eigenvalue weighted by molar-refractivity contribution is 6.39. The lowest BCUT2D eigenvalue weighted by atomic mass is 10.1. The minimum absolute atomic E-state index is 0.0498. The maximum Gasteiger partial charge on any atom is 0.335 e. The number of amides is 4. The highest BCUT2D eigenvalue weighted by atomic mass is 16.5. The Labute approximate surface area is 157 Å². The average Bonchev–Trinajstić information content (AvgIpc) is 2.59. The number of nitrogens with zero attached hydrogens (tertiary/aromatic N) is 1. The van der Waals surface area contributed by atoms with Crippen molar-refractivity contribution in [3.8, 4) is 5.75 Å². The Morgan fingerprint density at radius 3 is 2.37 bits per heavy atom. The normalized spacial score (nSPS) is 16.1. The van der Waals surface area contributed by atoms with Gasteiger partial charge in [0.25, 0.3) is 11.8 Å². The second-order valence-corrected chi connectivity index (χ2v) is 6.53. The van der Waals surface area contributed by atoms with E-state index in [-0.39, 0.29) is 11.7 Å². The summed E-state index contributed by atoms with van der Waals surface area (Å²) in [5.41, 5.74) is 1.87. The smallest absolute Gasteiger partial charge is 0.335 e. The molecule has 0 radical (unpaired) electrons. The number of urea groups is 1. The Hall–Kier alpha value is -3.41. The molecule has 1 heterocycles. The third-order valence-corrected chi connectivity index (χ3v) is 3.92. The highest BCUT2D eigenvalue weighted by Gasteiger charge is 2.36. The first-order valence-corrected chi connectivity index (χ1v) is 8.60. The quantitative estimate of drug-likeness (QED) is 0.666. The standard InChI is InChI=1S/C21H20N2O4/c1-13(2)27-17-9-7-15(8-10-17)12-18-19(24)22-21(26)23(20(18)25)16-6-4-5-14(3)11-16/h4-13H,1-3H3,(H,22,24,26)/b18-12+. The van der Waals surface area contributed by atoms with Crippen LogP contribution in [-0.4, -0.2) is 23.9 Å². The van der Waals surface area contributed by atoms with E-state index in [9.17, 15) is 14.4 Å². The van der Waals surface area contributed by atoms with Crippen molar-refractivity contribution >= 4 is 29.6 Å². The molecule has 0 aromatic heterocycles. The SMILES string of the molecule is Cc1cccc(N2C(=O)NC(=O)/C(=C\c3ccc(OC(C)C)cc3)C2=O)c1. The summed E-state index contributed by atoms with van der Waals surface area (Å²) in [7, 11) is 0. The van der Waals surface area contributed by atoms with Gasteiger partial charge in [0.1, 0.15) is 11.3 Å². The van der Waals surface area contributed by atoms with Gasteiger partial charge in [-0.15, -0.1) is 0 Å². The third-order valence-electron chi connectivity index (χ3n) is 3.92. The van der Waals surface area contributed by atoms with E-state index in [0.29, 0.717) is 17.0 Å². The van der Waals surface area contributed by atoms with Crippen molar-refractivity contribution < 1.29 is 19.1 Å². The van der Waals surface area contributed by atoms with E-state index in [2.05, 4.69) is 5.32 Å². The number of hydrogen-bond donors (Lipinski definition) is 1. The van der Waals surface area contributed by atoms with E-state index in [1.165, 1.54) is 6.08 Å². The average molecular weight is 364 g/mol. The summed E-state index contributed by atoms with van der Waals surface area (Å²) < 4.78 is 5.58. The first-order valence-electron chi connectivity index (χ1n) is 8.60. The number of anilines is 1. The van der Waals surface area contributed by atoms with Gasteiger partial charge in [-0.05, 0) is 62.2 Å². The second-order valence-electron chi connectivity index (χ2n) is 6.53.